The van der Waals surface area contributed by atoms with Crippen molar-refractivity contribution in [3.63, 3.8) is 0 Å². The van der Waals surface area contributed by atoms with Crippen LogP contribution in [0.5, 0.6) is 0 Å². The molecule has 1 N–H and O–H groups in total. The number of carbonyl (C=O) groups excluding carboxylic acids is 2. The molecular weight excluding hydrogens is 282 g/mol. The molecule has 1 rings (SSSR count). The number of nitriles is 1. The zero-order chi connectivity index (χ0) is 16.0. The minimum absolute atomic E-state index is 0.00825. The largest absolute Gasteiger partial charge is 0.467 e. The lowest BCUT2D eigenvalue weighted by Crippen LogP contribution is -2.46. The van der Waals surface area contributed by atoms with Gasteiger partial charge in [-0.05, 0) is 12.1 Å². The maximum absolute atomic E-state index is 13.5. The third-order valence-electron chi connectivity index (χ3n) is 2.92. The van der Waals surface area contributed by atoms with Crippen LogP contribution in [0.3, 0.4) is 0 Å². The van der Waals surface area contributed by atoms with E-state index >= 15 is 0 Å². The number of carbonyl (C=O) groups is 2. The zero-order valence-corrected chi connectivity index (χ0v) is 11.5. The fourth-order valence-electron chi connectivity index (χ4n) is 1.72. The Morgan fingerprint density at radius 1 is 1.43 bits per heavy atom. The first-order chi connectivity index (χ1) is 9.92. The van der Waals surface area contributed by atoms with Crippen molar-refractivity contribution in [3.05, 3.63) is 35.4 Å². The number of methoxy groups -OCH3 is 1. The Morgan fingerprint density at radius 3 is 2.67 bits per heavy atom. The van der Waals surface area contributed by atoms with Crippen molar-refractivity contribution in [3.8, 4) is 6.07 Å². The maximum atomic E-state index is 13.5. The Morgan fingerprint density at radius 2 is 2.10 bits per heavy atom. The van der Waals surface area contributed by atoms with E-state index in [1.54, 1.807) is 6.92 Å². The summed E-state index contributed by atoms with van der Waals surface area (Å²) in [6, 6.07) is 3.90. The molecule has 2 atom stereocenters. The van der Waals surface area contributed by atoms with E-state index < -0.39 is 41.0 Å². The number of nitrogens with zero attached hydrogens (tertiary/aromatic N) is 1. The van der Waals surface area contributed by atoms with Crippen LogP contribution in [-0.2, 0) is 9.53 Å². The summed E-state index contributed by atoms with van der Waals surface area (Å²) in [5.41, 5.74) is -0.520. The fourth-order valence-corrected chi connectivity index (χ4v) is 1.72. The number of esters is 1. The van der Waals surface area contributed by atoms with Crippen LogP contribution in [0.15, 0.2) is 18.2 Å². The molecule has 7 heteroatoms. The summed E-state index contributed by atoms with van der Waals surface area (Å²) in [6.07, 6.45) is -0.00825. The van der Waals surface area contributed by atoms with E-state index in [-0.39, 0.29) is 6.42 Å². The van der Waals surface area contributed by atoms with E-state index in [1.165, 1.54) is 6.07 Å². The van der Waals surface area contributed by atoms with Gasteiger partial charge in [-0.25, -0.2) is 13.6 Å². The molecule has 0 aliphatic heterocycles. The molecule has 0 spiro atoms. The zero-order valence-electron chi connectivity index (χ0n) is 11.5. The summed E-state index contributed by atoms with van der Waals surface area (Å²) in [5.74, 6) is -4.72. The Balaban J connectivity index is 2.98. The van der Waals surface area contributed by atoms with Gasteiger partial charge in [-0.1, -0.05) is 13.0 Å². The Bertz CT molecular complexity index is 584. The van der Waals surface area contributed by atoms with E-state index in [4.69, 9.17) is 5.26 Å². The van der Waals surface area contributed by atoms with Crippen molar-refractivity contribution < 1.29 is 23.1 Å². The van der Waals surface area contributed by atoms with Crippen LogP contribution in [0.25, 0.3) is 0 Å². The molecule has 1 amide bonds. The van der Waals surface area contributed by atoms with Gasteiger partial charge in [-0.15, -0.1) is 0 Å². The summed E-state index contributed by atoms with van der Waals surface area (Å²) >= 11 is 0. The predicted molar refractivity (Wildman–Crippen MR) is 69.0 cm³/mol. The second kappa shape index (κ2) is 7.33. The van der Waals surface area contributed by atoms with Gasteiger partial charge in [0.15, 0.2) is 11.6 Å². The SMILES string of the molecule is COC(=O)[C@@H](NC(=O)c1cccc(F)c1F)[C@H](C)CC#N. The molecule has 0 radical (unpaired) electrons. The second-order valence-electron chi connectivity index (χ2n) is 4.42. The highest BCUT2D eigenvalue weighted by Crippen LogP contribution is 2.14. The number of hydrogen-bond acceptors (Lipinski definition) is 4. The minimum atomic E-state index is -1.30. The number of ether oxygens (including phenoxy) is 1. The molecule has 0 bridgehead atoms. The lowest BCUT2D eigenvalue weighted by molar-refractivity contribution is -0.144. The van der Waals surface area contributed by atoms with Crippen molar-refractivity contribution >= 4 is 11.9 Å². The van der Waals surface area contributed by atoms with Crippen LogP contribution in [0, 0.1) is 28.9 Å². The Labute approximate surface area is 120 Å². The van der Waals surface area contributed by atoms with Crippen molar-refractivity contribution in [1.29, 1.82) is 5.26 Å². The van der Waals surface area contributed by atoms with E-state index in [2.05, 4.69) is 10.1 Å². The highest BCUT2D eigenvalue weighted by atomic mass is 19.2. The molecule has 21 heavy (non-hydrogen) atoms. The predicted octanol–water partition coefficient (Wildman–Crippen LogP) is 1.79. The molecule has 0 saturated carbocycles. The molecular formula is C14H14F2N2O3. The molecule has 1 aromatic rings. The van der Waals surface area contributed by atoms with Crippen LogP contribution >= 0.6 is 0 Å². The van der Waals surface area contributed by atoms with Gasteiger partial charge in [-0.2, -0.15) is 5.26 Å². The van der Waals surface area contributed by atoms with Gasteiger partial charge >= 0.3 is 5.97 Å². The Hall–Kier alpha value is -2.49. The summed E-state index contributed by atoms with van der Waals surface area (Å²) in [7, 11) is 1.13. The first-order valence-corrected chi connectivity index (χ1v) is 6.12. The van der Waals surface area contributed by atoms with Crippen LogP contribution in [0.4, 0.5) is 8.78 Å². The van der Waals surface area contributed by atoms with Gasteiger partial charge < -0.3 is 10.1 Å². The van der Waals surface area contributed by atoms with E-state index in [9.17, 15) is 18.4 Å². The third kappa shape index (κ3) is 3.99. The number of nitrogens with one attached hydrogen (secondary N) is 1. The summed E-state index contributed by atoms with van der Waals surface area (Å²) in [6.45, 7) is 1.56. The first kappa shape index (κ1) is 16.6. The number of rotatable bonds is 5. The van der Waals surface area contributed by atoms with Gasteiger partial charge in [0, 0.05) is 12.3 Å². The highest BCUT2D eigenvalue weighted by Gasteiger charge is 2.29. The topological polar surface area (TPSA) is 79.2 Å². The lowest BCUT2D eigenvalue weighted by Gasteiger charge is -2.21. The summed E-state index contributed by atoms with van der Waals surface area (Å²) in [5, 5.41) is 10.9. The normalized spacial score (nSPS) is 12.9. The highest BCUT2D eigenvalue weighted by molar-refractivity contribution is 5.97. The van der Waals surface area contributed by atoms with Crippen molar-refractivity contribution in [2.24, 2.45) is 5.92 Å². The van der Waals surface area contributed by atoms with Crippen molar-refractivity contribution in [2.75, 3.05) is 7.11 Å². The van der Waals surface area contributed by atoms with E-state index in [0.717, 1.165) is 19.2 Å². The molecule has 1 aromatic carbocycles. The van der Waals surface area contributed by atoms with Crippen molar-refractivity contribution in [1.82, 2.24) is 5.32 Å². The molecule has 0 aliphatic carbocycles. The van der Waals surface area contributed by atoms with Crippen LogP contribution in [0.1, 0.15) is 23.7 Å². The molecule has 0 saturated heterocycles. The van der Waals surface area contributed by atoms with Gasteiger partial charge in [-0.3, -0.25) is 4.79 Å². The number of benzene rings is 1. The second-order valence-corrected chi connectivity index (χ2v) is 4.42. The molecule has 0 aliphatic rings. The van der Waals surface area contributed by atoms with Crippen molar-refractivity contribution in [2.45, 2.75) is 19.4 Å². The third-order valence-corrected chi connectivity index (χ3v) is 2.92. The van der Waals surface area contributed by atoms with E-state index in [1.807, 2.05) is 6.07 Å². The van der Waals surface area contributed by atoms with Gasteiger partial charge in [0.2, 0.25) is 0 Å². The quantitative estimate of drug-likeness (QED) is 0.840. The minimum Gasteiger partial charge on any atom is -0.467 e. The Kier molecular flexibility index (Phi) is 5.79. The number of hydrogen-bond donors (Lipinski definition) is 1. The lowest BCUT2D eigenvalue weighted by atomic mass is 9.98. The summed E-state index contributed by atoms with van der Waals surface area (Å²) < 4.78 is 31.2. The van der Waals surface area contributed by atoms with Crippen LogP contribution in [-0.4, -0.2) is 25.0 Å². The molecule has 0 fully saturated rings. The molecule has 0 aromatic heterocycles. The van der Waals surface area contributed by atoms with Gasteiger partial charge in [0.05, 0.1) is 18.7 Å². The monoisotopic (exact) mass is 296 g/mol. The van der Waals surface area contributed by atoms with Gasteiger partial charge in [0.25, 0.3) is 5.91 Å². The molecule has 5 nitrogen and oxygen atoms in total. The maximum Gasteiger partial charge on any atom is 0.328 e. The average Bonchev–Trinajstić information content (AvgIpc) is 2.46. The van der Waals surface area contributed by atoms with Gasteiger partial charge in [0.1, 0.15) is 6.04 Å². The fraction of sp³-hybridized carbons (Fsp3) is 0.357. The first-order valence-electron chi connectivity index (χ1n) is 6.12. The number of amides is 1. The smallest absolute Gasteiger partial charge is 0.328 e. The van der Waals surface area contributed by atoms with Crippen LogP contribution < -0.4 is 5.32 Å². The summed E-state index contributed by atoms with van der Waals surface area (Å²) in [4.78, 5) is 23.6. The molecule has 0 heterocycles. The van der Waals surface area contributed by atoms with E-state index in [0.29, 0.717) is 0 Å². The molecule has 112 valence electrons. The standard InChI is InChI=1S/C14H14F2N2O3/c1-8(6-7-17)12(14(20)21-2)18-13(19)9-4-3-5-10(15)11(9)16/h3-5,8,12H,6H2,1-2H3,(H,18,19)/t8-,12+/m1/s1. The van der Waals surface area contributed by atoms with Crippen LogP contribution in [0.2, 0.25) is 0 Å². The average molecular weight is 296 g/mol. The number of halogens is 2. The molecule has 0 unspecified atom stereocenters.